The summed E-state index contributed by atoms with van der Waals surface area (Å²) in [7, 11) is 0. The number of halogens is 1. The fourth-order valence-corrected chi connectivity index (χ4v) is 3.54. The smallest absolute Gasteiger partial charge is 0.307 e. The summed E-state index contributed by atoms with van der Waals surface area (Å²) in [6.45, 7) is 0. The standard InChI is InChI=1S/C13H13FO2/c14-10-3-1-9(2-4-10)13-6-8(7-13)5-11(13)12(15)16/h1-4,8,11H,5-7H2,(H,15,16). The van der Waals surface area contributed by atoms with E-state index in [2.05, 4.69) is 0 Å². The Hall–Kier alpha value is -1.38. The summed E-state index contributed by atoms with van der Waals surface area (Å²) < 4.78 is 12.9. The minimum Gasteiger partial charge on any atom is -0.481 e. The van der Waals surface area contributed by atoms with Crippen LogP contribution in [0.2, 0.25) is 0 Å². The molecule has 3 heteroatoms. The van der Waals surface area contributed by atoms with Crippen molar-refractivity contribution in [1.82, 2.24) is 0 Å². The summed E-state index contributed by atoms with van der Waals surface area (Å²) in [5, 5.41) is 9.22. The predicted octanol–water partition coefficient (Wildman–Crippen LogP) is 2.58. The Labute approximate surface area is 93.1 Å². The van der Waals surface area contributed by atoms with Gasteiger partial charge in [-0.05, 0) is 42.9 Å². The van der Waals surface area contributed by atoms with Crippen molar-refractivity contribution in [2.24, 2.45) is 11.8 Å². The molecule has 84 valence electrons. The van der Waals surface area contributed by atoms with E-state index in [4.69, 9.17) is 0 Å². The van der Waals surface area contributed by atoms with Crippen molar-refractivity contribution in [1.29, 1.82) is 0 Å². The average Bonchev–Trinajstić information content (AvgIpc) is 2.73. The fraction of sp³-hybridized carbons (Fsp3) is 0.462. The van der Waals surface area contributed by atoms with E-state index in [1.165, 1.54) is 12.1 Å². The summed E-state index contributed by atoms with van der Waals surface area (Å²) in [6.07, 6.45) is 2.69. The van der Waals surface area contributed by atoms with Crippen molar-refractivity contribution in [3.05, 3.63) is 35.6 Å². The van der Waals surface area contributed by atoms with Gasteiger partial charge in [0.1, 0.15) is 5.82 Å². The highest BCUT2D eigenvalue weighted by Crippen LogP contribution is 2.63. The molecule has 0 spiro atoms. The minimum atomic E-state index is -0.704. The van der Waals surface area contributed by atoms with Crippen LogP contribution in [0.4, 0.5) is 4.39 Å². The molecule has 3 fully saturated rings. The molecular formula is C13H13FO2. The van der Waals surface area contributed by atoms with Crippen LogP contribution in [0.5, 0.6) is 0 Å². The molecule has 16 heavy (non-hydrogen) atoms. The van der Waals surface area contributed by atoms with Gasteiger partial charge in [0.2, 0.25) is 0 Å². The number of hydrogen-bond acceptors (Lipinski definition) is 1. The summed E-state index contributed by atoms with van der Waals surface area (Å²) >= 11 is 0. The van der Waals surface area contributed by atoms with Crippen molar-refractivity contribution in [2.75, 3.05) is 0 Å². The number of carboxylic acid groups (broad SMARTS) is 1. The van der Waals surface area contributed by atoms with Crippen molar-refractivity contribution in [2.45, 2.75) is 24.7 Å². The molecule has 0 saturated heterocycles. The predicted molar refractivity (Wildman–Crippen MR) is 56.5 cm³/mol. The third-order valence-electron chi connectivity index (χ3n) is 4.26. The zero-order valence-electron chi connectivity index (χ0n) is 8.82. The molecule has 1 N–H and O–H groups in total. The molecule has 1 unspecified atom stereocenters. The Balaban J connectivity index is 1.99. The van der Waals surface area contributed by atoms with Crippen LogP contribution < -0.4 is 0 Å². The number of carbonyl (C=O) groups is 1. The second kappa shape index (κ2) is 3.06. The van der Waals surface area contributed by atoms with Gasteiger partial charge in [0.25, 0.3) is 0 Å². The molecule has 2 nitrogen and oxygen atoms in total. The first kappa shape index (κ1) is 9.82. The zero-order valence-corrected chi connectivity index (χ0v) is 8.82. The molecule has 3 aliphatic rings. The molecule has 2 bridgehead atoms. The van der Waals surface area contributed by atoms with Crippen molar-refractivity contribution >= 4 is 5.97 Å². The van der Waals surface area contributed by atoms with Gasteiger partial charge in [-0.15, -0.1) is 0 Å². The van der Waals surface area contributed by atoms with Crippen LogP contribution in [-0.4, -0.2) is 11.1 Å². The van der Waals surface area contributed by atoms with Gasteiger partial charge in [0.15, 0.2) is 0 Å². The molecule has 0 radical (unpaired) electrons. The van der Waals surface area contributed by atoms with Crippen LogP contribution in [0.1, 0.15) is 24.8 Å². The maximum absolute atomic E-state index is 12.9. The van der Waals surface area contributed by atoms with Gasteiger partial charge in [-0.25, -0.2) is 4.39 Å². The van der Waals surface area contributed by atoms with Gasteiger partial charge in [-0.2, -0.15) is 0 Å². The Morgan fingerprint density at radius 2 is 1.94 bits per heavy atom. The Bertz CT molecular complexity index is 432. The maximum atomic E-state index is 12.9. The van der Waals surface area contributed by atoms with Crippen LogP contribution in [-0.2, 0) is 10.2 Å². The second-order valence-electron chi connectivity index (χ2n) is 5.06. The van der Waals surface area contributed by atoms with Crippen LogP contribution in [0.25, 0.3) is 0 Å². The first-order valence-electron chi connectivity index (χ1n) is 5.61. The van der Waals surface area contributed by atoms with Crippen LogP contribution in [0.3, 0.4) is 0 Å². The number of aliphatic carboxylic acids is 1. The number of fused-ring (bicyclic) bond motifs is 1. The van der Waals surface area contributed by atoms with Gasteiger partial charge in [0.05, 0.1) is 5.92 Å². The summed E-state index contributed by atoms with van der Waals surface area (Å²) in [5.74, 6) is -0.681. The van der Waals surface area contributed by atoms with Gasteiger partial charge in [-0.3, -0.25) is 4.79 Å². The van der Waals surface area contributed by atoms with Crippen LogP contribution >= 0.6 is 0 Å². The minimum absolute atomic E-state index is 0.204. The van der Waals surface area contributed by atoms with Crippen LogP contribution in [0, 0.1) is 17.7 Å². The molecule has 0 aromatic heterocycles. The van der Waals surface area contributed by atoms with E-state index in [1.807, 2.05) is 0 Å². The van der Waals surface area contributed by atoms with Gasteiger partial charge < -0.3 is 5.11 Å². The van der Waals surface area contributed by atoms with E-state index in [9.17, 15) is 14.3 Å². The summed E-state index contributed by atoms with van der Waals surface area (Å²) in [5.41, 5.74) is 0.791. The second-order valence-corrected chi connectivity index (χ2v) is 5.06. The lowest BCUT2D eigenvalue weighted by Crippen LogP contribution is -2.39. The largest absolute Gasteiger partial charge is 0.481 e. The molecule has 1 aromatic rings. The van der Waals surface area contributed by atoms with Gasteiger partial charge in [-0.1, -0.05) is 12.1 Å². The highest BCUT2D eigenvalue weighted by Gasteiger charge is 2.60. The normalized spacial score (nSPS) is 35.8. The molecule has 3 saturated carbocycles. The van der Waals surface area contributed by atoms with E-state index < -0.39 is 5.97 Å². The van der Waals surface area contributed by atoms with Gasteiger partial charge in [0, 0.05) is 5.41 Å². The third-order valence-corrected chi connectivity index (χ3v) is 4.26. The molecule has 0 amide bonds. The van der Waals surface area contributed by atoms with E-state index in [0.717, 1.165) is 24.8 Å². The molecule has 1 aromatic carbocycles. The van der Waals surface area contributed by atoms with Crippen molar-refractivity contribution in [3.63, 3.8) is 0 Å². The molecule has 4 rings (SSSR count). The van der Waals surface area contributed by atoms with E-state index >= 15 is 0 Å². The first-order valence-corrected chi connectivity index (χ1v) is 5.61. The lowest BCUT2D eigenvalue weighted by Gasteiger charge is -2.41. The number of benzene rings is 1. The molecule has 3 aliphatic carbocycles. The molecule has 0 heterocycles. The van der Waals surface area contributed by atoms with Crippen molar-refractivity contribution in [3.8, 4) is 0 Å². The van der Waals surface area contributed by atoms with Crippen LogP contribution in [0.15, 0.2) is 24.3 Å². The maximum Gasteiger partial charge on any atom is 0.307 e. The monoisotopic (exact) mass is 220 g/mol. The molecular weight excluding hydrogens is 207 g/mol. The van der Waals surface area contributed by atoms with E-state index in [1.54, 1.807) is 12.1 Å². The zero-order chi connectivity index (χ0) is 11.3. The summed E-state index contributed by atoms with van der Waals surface area (Å²) in [6, 6.07) is 6.34. The topological polar surface area (TPSA) is 37.3 Å². The van der Waals surface area contributed by atoms with Crippen molar-refractivity contribution < 1.29 is 14.3 Å². The molecule has 0 aliphatic heterocycles. The number of hydrogen-bond donors (Lipinski definition) is 1. The van der Waals surface area contributed by atoms with E-state index in [-0.39, 0.29) is 17.2 Å². The average molecular weight is 220 g/mol. The highest BCUT2D eigenvalue weighted by atomic mass is 19.1. The third kappa shape index (κ3) is 1.14. The summed E-state index contributed by atoms with van der Waals surface area (Å²) in [4.78, 5) is 11.2. The SMILES string of the molecule is O=C(O)C1CC2CC1(c1ccc(F)cc1)C2. The van der Waals surface area contributed by atoms with E-state index in [0.29, 0.717) is 5.92 Å². The molecule has 1 atom stereocenters. The fourth-order valence-electron chi connectivity index (χ4n) is 3.54. The number of carboxylic acids is 1. The first-order chi connectivity index (χ1) is 7.62. The highest BCUT2D eigenvalue weighted by molar-refractivity contribution is 5.74. The lowest BCUT2D eigenvalue weighted by molar-refractivity contribution is -0.143. The Morgan fingerprint density at radius 3 is 2.50 bits per heavy atom. The Morgan fingerprint density at radius 1 is 1.31 bits per heavy atom. The number of rotatable bonds is 2. The lowest BCUT2D eigenvalue weighted by atomic mass is 9.62. The quantitative estimate of drug-likeness (QED) is 0.831. The Kier molecular flexibility index (Phi) is 1.88. The van der Waals surface area contributed by atoms with Gasteiger partial charge >= 0.3 is 5.97 Å².